The minimum Gasteiger partial charge on any atom is -0.444 e. The summed E-state index contributed by atoms with van der Waals surface area (Å²) in [6.45, 7) is 7.42. The van der Waals surface area contributed by atoms with Crippen LogP contribution >= 0.6 is 0 Å². The van der Waals surface area contributed by atoms with Crippen LogP contribution in [0.4, 0.5) is 4.79 Å². The van der Waals surface area contributed by atoms with Crippen LogP contribution in [-0.4, -0.2) is 54.2 Å². The SMILES string of the molecule is CC(C)(C)OC(=O)NC1CC(NCC2(O)CCOCC2)C1. The van der Waals surface area contributed by atoms with E-state index in [2.05, 4.69) is 10.6 Å². The lowest BCUT2D eigenvalue weighted by Gasteiger charge is -2.40. The highest BCUT2D eigenvalue weighted by molar-refractivity contribution is 5.68. The maximum absolute atomic E-state index is 11.6. The van der Waals surface area contributed by atoms with Gasteiger partial charge in [-0.1, -0.05) is 0 Å². The third-order valence-corrected chi connectivity index (χ3v) is 4.00. The number of alkyl carbamates (subject to hydrolysis) is 1. The van der Waals surface area contributed by atoms with Crippen molar-refractivity contribution in [3.05, 3.63) is 0 Å². The number of hydrogen-bond donors (Lipinski definition) is 3. The Hall–Kier alpha value is -0.850. The lowest BCUT2D eigenvalue weighted by molar-refractivity contribution is -0.0643. The molecular weight excluding hydrogens is 272 g/mol. The fourth-order valence-corrected chi connectivity index (χ4v) is 2.64. The molecule has 0 radical (unpaired) electrons. The largest absolute Gasteiger partial charge is 0.444 e. The van der Waals surface area contributed by atoms with Gasteiger partial charge in [-0.25, -0.2) is 4.79 Å². The molecule has 3 N–H and O–H groups in total. The lowest BCUT2D eigenvalue weighted by Crippen LogP contribution is -2.56. The van der Waals surface area contributed by atoms with Crippen LogP contribution in [0.3, 0.4) is 0 Å². The molecule has 0 unspecified atom stereocenters. The Kier molecular flexibility index (Phi) is 5.11. The second-order valence-electron chi connectivity index (χ2n) is 7.23. The zero-order chi connectivity index (χ0) is 15.5. The molecule has 0 bridgehead atoms. The summed E-state index contributed by atoms with van der Waals surface area (Å²) >= 11 is 0. The minimum absolute atomic E-state index is 0.168. The molecule has 2 aliphatic rings. The van der Waals surface area contributed by atoms with E-state index in [-0.39, 0.29) is 12.1 Å². The minimum atomic E-state index is -0.637. The van der Waals surface area contributed by atoms with Crippen LogP contribution < -0.4 is 10.6 Å². The summed E-state index contributed by atoms with van der Waals surface area (Å²) in [4.78, 5) is 11.6. The first-order valence-electron chi connectivity index (χ1n) is 7.79. The monoisotopic (exact) mass is 300 g/mol. The molecule has 1 aliphatic carbocycles. The zero-order valence-corrected chi connectivity index (χ0v) is 13.3. The van der Waals surface area contributed by atoms with E-state index < -0.39 is 11.2 Å². The molecule has 1 saturated carbocycles. The summed E-state index contributed by atoms with van der Waals surface area (Å²) in [6.07, 6.45) is 2.78. The van der Waals surface area contributed by atoms with Gasteiger partial charge in [0, 0.05) is 44.7 Å². The van der Waals surface area contributed by atoms with Gasteiger partial charge in [-0.15, -0.1) is 0 Å². The Bertz CT molecular complexity index is 355. The topological polar surface area (TPSA) is 79.8 Å². The van der Waals surface area contributed by atoms with Crippen molar-refractivity contribution in [1.82, 2.24) is 10.6 Å². The average molecular weight is 300 g/mol. The van der Waals surface area contributed by atoms with Crippen molar-refractivity contribution in [2.24, 2.45) is 0 Å². The summed E-state index contributed by atoms with van der Waals surface area (Å²) < 4.78 is 10.5. The van der Waals surface area contributed by atoms with E-state index in [9.17, 15) is 9.90 Å². The highest BCUT2D eigenvalue weighted by Crippen LogP contribution is 2.24. The Labute approximate surface area is 126 Å². The van der Waals surface area contributed by atoms with Crippen molar-refractivity contribution in [1.29, 1.82) is 0 Å². The van der Waals surface area contributed by atoms with E-state index >= 15 is 0 Å². The lowest BCUT2D eigenvalue weighted by atomic mass is 9.85. The molecule has 0 aromatic rings. The molecule has 1 heterocycles. The van der Waals surface area contributed by atoms with Crippen molar-refractivity contribution < 1.29 is 19.4 Å². The van der Waals surface area contributed by atoms with Crippen LogP contribution in [0.25, 0.3) is 0 Å². The Morgan fingerprint density at radius 2 is 1.90 bits per heavy atom. The standard InChI is InChI=1S/C15H28N2O4/c1-14(2,3)21-13(18)17-12-8-11(9-12)16-10-15(19)4-6-20-7-5-15/h11-12,16,19H,4-10H2,1-3H3,(H,17,18). The first kappa shape index (κ1) is 16.5. The van der Waals surface area contributed by atoms with Gasteiger partial charge in [-0.2, -0.15) is 0 Å². The molecule has 0 atom stereocenters. The number of nitrogens with one attached hydrogen (secondary N) is 2. The van der Waals surface area contributed by atoms with Crippen molar-refractivity contribution in [3.63, 3.8) is 0 Å². The van der Waals surface area contributed by atoms with E-state index in [1.165, 1.54) is 0 Å². The first-order chi connectivity index (χ1) is 9.76. The fraction of sp³-hybridized carbons (Fsp3) is 0.933. The number of hydrogen-bond acceptors (Lipinski definition) is 5. The molecule has 2 fully saturated rings. The molecule has 6 heteroatoms. The van der Waals surface area contributed by atoms with Crippen LogP contribution in [0.2, 0.25) is 0 Å². The number of aliphatic hydroxyl groups is 1. The average Bonchev–Trinajstić information content (AvgIpc) is 2.30. The van der Waals surface area contributed by atoms with Crippen LogP contribution in [0, 0.1) is 0 Å². The van der Waals surface area contributed by atoms with E-state index in [0.717, 1.165) is 12.8 Å². The molecule has 1 amide bonds. The van der Waals surface area contributed by atoms with E-state index in [1.54, 1.807) is 0 Å². The van der Waals surface area contributed by atoms with Crippen LogP contribution in [0.5, 0.6) is 0 Å². The number of amides is 1. The van der Waals surface area contributed by atoms with Crippen molar-refractivity contribution in [3.8, 4) is 0 Å². The predicted molar refractivity (Wildman–Crippen MR) is 79.2 cm³/mol. The molecule has 6 nitrogen and oxygen atoms in total. The maximum atomic E-state index is 11.6. The van der Waals surface area contributed by atoms with Gasteiger partial charge in [0.25, 0.3) is 0 Å². The van der Waals surface area contributed by atoms with Crippen molar-refractivity contribution in [2.45, 2.75) is 69.7 Å². The highest BCUT2D eigenvalue weighted by Gasteiger charge is 2.35. The molecule has 2 rings (SSSR count). The normalized spacial score (nSPS) is 28.6. The summed E-state index contributed by atoms with van der Waals surface area (Å²) in [5, 5.41) is 16.6. The molecule has 0 aromatic heterocycles. The Morgan fingerprint density at radius 3 is 2.48 bits per heavy atom. The van der Waals surface area contributed by atoms with Gasteiger partial charge in [0.1, 0.15) is 5.60 Å². The third-order valence-electron chi connectivity index (χ3n) is 4.00. The van der Waals surface area contributed by atoms with Crippen molar-refractivity contribution >= 4 is 6.09 Å². The molecule has 21 heavy (non-hydrogen) atoms. The third kappa shape index (κ3) is 5.45. The quantitative estimate of drug-likeness (QED) is 0.726. The van der Waals surface area contributed by atoms with E-state index in [1.807, 2.05) is 20.8 Å². The Balaban J connectivity index is 1.60. The predicted octanol–water partition coefficient (Wildman–Crippen LogP) is 1.17. The van der Waals surface area contributed by atoms with Gasteiger partial charge in [0.15, 0.2) is 0 Å². The van der Waals surface area contributed by atoms with Gasteiger partial charge in [-0.05, 0) is 33.6 Å². The summed E-state index contributed by atoms with van der Waals surface area (Å²) in [5.74, 6) is 0. The molecule has 0 aromatic carbocycles. The van der Waals surface area contributed by atoms with Crippen LogP contribution in [0.1, 0.15) is 46.5 Å². The molecule has 1 aliphatic heterocycles. The van der Waals surface area contributed by atoms with E-state index in [4.69, 9.17) is 9.47 Å². The highest BCUT2D eigenvalue weighted by atomic mass is 16.6. The van der Waals surface area contributed by atoms with Crippen molar-refractivity contribution in [2.75, 3.05) is 19.8 Å². The molecule has 1 saturated heterocycles. The number of rotatable bonds is 4. The van der Waals surface area contributed by atoms with Gasteiger partial charge >= 0.3 is 6.09 Å². The zero-order valence-electron chi connectivity index (χ0n) is 13.3. The van der Waals surface area contributed by atoms with Gasteiger partial charge in [-0.3, -0.25) is 0 Å². The summed E-state index contributed by atoms with van der Waals surface area (Å²) in [7, 11) is 0. The Morgan fingerprint density at radius 1 is 1.29 bits per heavy atom. The molecule has 0 spiro atoms. The number of carbonyl (C=O) groups is 1. The van der Waals surface area contributed by atoms with Crippen LogP contribution in [-0.2, 0) is 9.47 Å². The first-order valence-corrected chi connectivity index (χ1v) is 7.79. The smallest absolute Gasteiger partial charge is 0.407 e. The maximum Gasteiger partial charge on any atom is 0.407 e. The second kappa shape index (κ2) is 6.50. The van der Waals surface area contributed by atoms with Crippen LogP contribution in [0.15, 0.2) is 0 Å². The number of ether oxygens (including phenoxy) is 2. The molecule has 122 valence electrons. The van der Waals surface area contributed by atoms with Gasteiger partial charge in [0.05, 0.1) is 5.60 Å². The second-order valence-corrected chi connectivity index (χ2v) is 7.23. The number of carbonyl (C=O) groups excluding carboxylic acids is 1. The summed E-state index contributed by atoms with van der Waals surface area (Å²) in [6, 6.07) is 0.526. The van der Waals surface area contributed by atoms with Gasteiger partial charge in [0.2, 0.25) is 0 Å². The summed E-state index contributed by atoms with van der Waals surface area (Å²) in [5.41, 5.74) is -1.10. The van der Waals surface area contributed by atoms with E-state index in [0.29, 0.717) is 38.6 Å². The molecular formula is C15H28N2O4. The van der Waals surface area contributed by atoms with Gasteiger partial charge < -0.3 is 25.2 Å². The fourth-order valence-electron chi connectivity index (χ4n) is 2.64.